The molecule has 0 radical (unpaired) electrons. The number of nitrogens with zero attached hydrogens (tertiary/aromatic N) is 4. The number of nitro groups is 1. The Hall–Kier alpha value is -3.98. The molecule has 0 spiro atoms. The lowest BCUT2D eigenvalue weighted by atomic mass is 10.1. The number of aryl methyl sites for hydroxylation is 1. The summed E-state index contributed by atoms with van der Waals surface area (Å²) < 4.78 is 7.11. The van der Waals surface area contributed by atoms with Crippen LogP contribution in [0, 0.1) is 10.1 Å². The van der Waals surface area contributed by atoms with E-state index >= 15 is 0 Å². The Morgan fingerprint density at radius 1 is 1.20 bits per heavy atom. The molecule has 0 saturated carbocycles. The predicted octanol–water partition coefficient (Wildman–Crippen LogP) is 4.18. The Bertz CT molecular complexity index is 1360. The molecule has 0 amide bonds. The molecule has 0 aliphatic heterocycles. The molecule has 30 heavy (non-hydrogen) atoms. The van der Waals surface area contributed by atoms with E-state index in [1.165, 1.54) is 23.0 Å². The van der Waals surface area contributed by atoms with Crippen LogP contribution in [-0.4, -0.2) is 24.7 Å². The second-order valence-electron chi connectivity index (χ2n) is 6.31. The first-order valence-electron chi connectivity index (χ1n) is 8.73. The van der Waals surface area contributed by atoms with Crippen molar-refractivity contribution in [1.29, 1.82) is 0 Å². The standard InChI is InChI=1S/C20H14ClN5O4/c1-25-19-13(11-22-25)20(27)24-18(23-19)9-7-12-6-8-17(15(10-12)26(28)29)30-16-5-3-2-4-14(16)21/h2-11H,1H3,(H,23,24,27)/b9-7+. The molecule has 0 bridgehead atoms. The molecule has 0 unspecified atom stereocenters. The van der Waals surface area contributed by atoms with Gasteiger partial charge in [-0.15, -0.1) is 0 Å². The van der Waals surface area contributed by atoms with Gasteiger partial charge in [0.25, 0.3) is 5.56 Å². The highest BCUT2D eigenvalue weighted by Gasteiger charge is 2.17. The number of nitrogens with one attached hydrogen (secondary N) is 1. The molecule has 10 heteroatoms. The highest BCUT2D eigenvalue weighted by atomic mass is 35.5. The highest BCUT2D eigenvalue weighted by molar-refractivity contribution is 6.32. The molecule has 1 N–H and O–H groups in total. The van der Waals surface area contributed by atoms with Crippen LogP contribution >= 0.6 is 11.6 Å². The minimum atomic E-state index is -0.536. The number of aromatic amines is 1. The van der Waals surface area contributed by atoms with Crippen LogP contribution in [0.1, 0.15) is 11.4 Å². The van der Waals surface area contributed by atoms with Gasteiger partial charge in [-0.05, 0) is 29.8 Å². The van der Waals surface area contributed by atoms with Crippen LogP contribution in [0.3, 0.4) is 0 Å². The molecule has 4 aromatic rings. The normalized spacial score (nSPS) is 11.3. The minimum Gasteiger partial charge on any atom is -0.449 e. The van der Waals surface area contributed by atoms with Crippen molar-refractivity contribution in [3.05, 3.63) is 85.5 Å². The first kappa shape index (κ1) is 19.3. The summed E-state index contributed by atoms with van der Waals surface area (Å²) in [4.78, 5) is 30.1. The van der Waals surface area contributed by atoms with E-state index in [2.05, 4.69) is 15.1 Å². The molecule has 2 heterocycles. The van der Waals surface area contributed by atoms with E-state index in [9.17, 15) is 14.9 Å². The van der Waals surface area contributed by atoms with Crippen LogP contribution in [0.15, 0.2) is 53.5 Å². The molecule has 0 saturated heterocycles. The van der Waals surface area contributed by atoms with Crippen LogP contribution in [0.4, 0.5) is 5.69 Å². The van der Waals surface area contributed by atoms with Crippen molar-refractivity contribution < 1.29 is 9.66 Å². The van der Waals surface area contributed by atoms with Gasteiger partial charge in [0.05, 0.1) is 16.1 Å². The number of para-hydroxylation sites is 1. The molecule has 0 aliphatic carbocycles. The number of halogens is 1. The summed E-state index contributed by atoms with van der Waals surface area (Å²) in [5.74, 6) is 0.681. The number of hydrogen-bond donors (Lipinski definition) is 1. The van der Waals surface area contributed by atoms with Gasteiger partial charge < -0.3 is 9.72 Å². The van der Waals surface area contributed by atoms with E-state index in [0.717, 1.165) is 0 Å². The largest absolute Gasteiger partial charge is 0.449 e. The van der Waals surface area contributed by atoms with Crippen molar-refractivity contribution in [2.75, 3.05) is 0 Å². The number of fused-ring (bicyclic) bond motifs is 1. The highest BCUT2D eigenvalue weighted by Crippen LogP contribution is 2.35. The lowest BCUT2D eigenvalue weighted by molar-refractivity contribution is -0.385. The maximum atomic E-state index is 12.1. The lowest BCUT2D eigenvalue weighted by Crippen LogP contribution is -2.09. The average Bonchev–Trinajstić information content (AvgIpc) is 3.10. The maximum Gasteiger partial charge on any atom is 0.312 e. The third-order valence-electron chi connectivity index (χ3n) is 4.29. The van der Waals surface area contributed by atoms with Crippen LogP contribution in [0.25, 0.3) is 23.2 Å². The Labute approximate surface area is 174 Å². The third-order valence-corrected chi connectivity index (χ3v) is 4.60. The summed E-state index contributed by atoms with van der Waals surface area (Å²) in [6.07, 6.45) is 4.60. The predicted molar refractivity (Wildman–Crippen MR) is 113 cm³/mol. The molecule has 150 valence electrons. The molecule has 2 aromatic carbocycles. The molecule has 0 fully saturated rings. The van der Waals surface area contributed by atoms with Gasteiger partial charge >= 0.3 is 5.69 Å². The Kier molecular flexibility index (Phi) is 5.03. The van der Waals surface area contributed by atoms with Crippen molar-refractivity contribution >= 4 is 40.5 Å². The molecule has 9 nitrogen and oxygen atoms in total. The lowest BCUT2D eigenvalue weighted by Gasteiger charge is -2.08. The molecule has 0 aliphatic rings. The van der Waals surface area contributed by atoms with Gasteiger partial charge in [0, 0.05) is 13.1 Å². The van der Waals surface area contributed by atoms with Crippen molar-refractivity contribution in [3.8, 4) is 11.5 Å². The maximum absolute atomic E-state index is 12.1. The molecule has 0 atom stereocenters. The van der Waals surface area contributed by atoms with E-state index in [1.807, 2.05) is 0 Å². The Morgan fingerprint density at radius 3 is 2.77 bits per heavy atom. The first-order valence-corrected chi connectivity index (χ1v) is 9.11. The second kappa shape index (κ2) is 7.80. The van der Waals surface area contributed by atoms with Gasteiger partial charge in [-0.2, -0.15) is 5.10 Å². The number of H-pyrrole nitrogens is 1. The molecular formula is C20H14ClN5O4. The topological polar surface area (TPSA) is 116 Å². The molecule has 4 rings (SSSR count). The Balaban J connectivity index is 1.66. The zero-order valence-corrected chi connectivity index (χ0v) is 16.3. The Morgan fingerprint density at radius 2 is 2.00 bits per heavy atom. The monoisotopic (exact) mass is 423 g/mol. The van der Waals surface area contributed by atoms with Gasteiger partial charge in [-0.3, -0.25) is 19.6 Å². The summed E-state index contributed by atoms with van der Waals surface area (Å²) >= 11 is 6.06. The van der Waals surface area contributed by atoms with Crippen LogP contribution < -0.4 is 10.3 Å². The quantitative estimate of drug-likeness (QED) is 0.380. The summed E-state index contributed by atoms with van der Waals surface area (Å²) in [6, 6.07) is 11.2. The molecule has 2 aromatic heterocycles. The molecular weight excluding hydrogens is 410 g/mol. The third kappa shape index (κ3) is 3.78. The smallest absolute Gasteiger partial charge is 0.312 e. The first-order chi connectivity index (χ1) is 14.4. The number of benzene rings is 2. The second-order valence-corrected chi connectivity index (χ2v) is 6.71. The fraction of sp³-hybridized carbons (Fsp3) is 0.0500. The summed E-state index contributed by atoms with van der Waals surface area (Å²) in [6.45, 7) is 0. The van der Waals surface area contributed by atoms with E-state index in [0.29, 0.717) is 33.2 Å². The number of rotatable bonds is 5. The number of ether oxygens (including phenoxy) is 1. The van der Waals surface area contributed by atoms with Gasteiger partial charge in [0.15, 0.2) is 5.65 Å². The fourth-order valence-corrected chi connectivity index (χ4v) is 2.99. The number of hydrogen-bond acceptors (Lipinski definition) is 6. The van der Waals surface area contributed by atoms with E-state index < -0.39 is 4.92 Å². The zero-order valence-electron chi connectivity index (χ0n) is 15.6. The number of aromatic nitrogens is 4. The van der Waals surface area contributed by atoms with Gasteiger partial charge in [0.2, 0.25) is 5.75 Å². The zero-order chi connectivity index (χ0) is 21.3. The number of nitro benzene ring substituents is 1. The van der Waals surface area contributed by atoms with Crippen LogP contribution in [0.5, 0.6) is 11.5 Å². The SMILES string of the molecule is Cn1ncc2c(=O)[nH]c(/C=C/c3ccc(Oc4ccccc4Cl)c([N+](=O)[O-])c3)nc21. The summed E-state index contributed by atoms with van der Waals surface area (Å²) in [5, 5.41) is 16.3. The van der Waals surface area contributed by atoms with Crippen molar-refractivity contribution in [2.45, 2.75) is 0 Å². The van der Waals surface area contributed by atoms with E-state index in [1.54, 1.807) is 49.5 Å². The summed E-state index contributed by atoms with van der Waals surface area (Å²) in [7, 11) is 1.68. The van der Waals surface area contributed by atoms with Crippen LogP contribution in [-0.2, 0) is 7.05 Å². The van der Waals surface area contributed by atoms with E-state index in [4.69, 9.17) is 16.3 Å². The van der Waals surface area contributed by atoms with E-state index in [-0.39, 0.29) is 17.0 Å². The summed E-state index contributed by atoms with van der Waals surface area (Å²) in [5.41, 5.74) is 0.427. The average molecular weight is 424 g/mol. The van der Waals surface area contributed by atoms with Gasteiger partial charge in [-0.1, -0.05) is 35.9 Å². The van der Waals surface area contributed by atoms with Crippen molar-refractivity contribution in [3.63, 3.8) is 0 Å². The van der Waals surface area contributed by atoms with Gasteiger partial charge in [0.1, 0.15) is 17.0 Å². The van der Waals surface area contributed by atoms with Gasteiger partial charge in [-0.25, -0.2) is 4.98 Å². The van der Waals surface area contributed by atoms with Crippen molar-refractivity contribution in [1.82, 2.24) is 19.7 Å². The van der Waals surface area contributed by atoms with Crippen LogP contribution in [0.2, 0.25) is 5.02 Å². The fourth-order valence-electron chi connectivity index (χ4n) is 2.82. The van der Waals surface area contributed by atoms with Crippen molar-refractivity contribution in [2.24, 2.45) is 7.05 Å². The minimum absolute atomic E-state index is 0.0630.